The lowest BCUT2D eigenvalue weighted by molar-refractivity contribution is 0.472. The summed E-state index contributed by atoms with van der Waals surface area (Å²) in [5.41, 5.74) is 0. The van der Waals surface area contributed by atoms with E-state index in [-0.39, 0.29) is 35.4 Å². The summed E-state index contributed by atoms with van der Waals surface area (Å²) in [6.45, 7) is 1.62. The van der Waals surface area contributed by atoms with E-state index in [1.54, 1.807) is 19.3 Å². The molecule has 7 nitrogen and oxygen atoms in total. The fourth-order valence-electron chi connectivity index (χ4n) is 3.24. The molecule has 27 heavy (non-hydrogen) atoms. The van der Waals surface area contributed by atoms with Gasteiger partial charge in [-0.25, -0.2) is 13.1 Å². The summed E-state index contributed by atoms with van der Waals surface area (Å²) in [6, 6.07) is 3.13. The first-order valence-corrected chi connectivity index (χ1v) is 10.9. The first-order valence-electron chi connectivity index (χ1n) is 9.46. The number of sulfonamides is 1. The molecule has 1 aliphatic rings. The number of nitrogens with one attached hydrogen (secondary N) is 3. The molecule has 0 radical (unpaired) electrons. The number of hydrogen-bond acceptors (Lipinski definition) is 4. The van der Waals surface area contributed by atoms with Crippen LogP contribution in [0.3, 0.4) is 0 Å². The van der Waals surface area contributed by atoms with E-state index in [1.807, 2.05) is 0 Å². The van der Waals surface area contributed by atoms with Crippen LogP contribution in [-0.4, -0.2) is 46.0 Å². The summed E-state index contributed by atoms with van der Waals surface area (Å²) in [4.78, 5) is 8.16. The van der Waals surface area contributed by atoms with Crippen LogP contribution in [-0.2, 0) is 10.0 Å². The lowest BCUT2D eigenvalue weighted by Gasteiger charge is -2.13. The number of nitrogens with zero attached hydrogens (tertiary/aromatic N) is 2. The summed E-state index contributed by atoms with van der Waals surface area (Å²) < 4.78 is 26.7. The first-order chi connectivity index (χ1) is 12.6. The van der Waals surface area contributed by atoms with Crippen LogP contribution in [0.2, 0.25) is 0 Å². The molecular formula is C18H32IN5O2S. The molecule has 0 spiro atoms. The molecule has 3 N–H and O–H groups in total. The highest BCUT2D eigenvalue weighted by atomic mass is 127. The van der Waals surface area contributed by atoms with Crippen LogP contribution in [0.4, 0.5) is 0 Å². The van der Waals surface area contributed by atoms with E-state index >= 15 is 0 Å². The minimum absolute atomic E-state index is 0. The van der Waals surface area contributed by atoms with Gasteiger partial charge in [0.05, 0.1) is 0 Å². The maximum absolute atomic E-state index is 12.1. The molecule has 0 aromatic carbocycles. The van der Waals surface area contributed by atoms with Crippen molar-refractivity contribution in [3.05, 3.63) is 24.5 Å². The molecule has 154 valence electrons. The SMILES string of the molecule is CN=C(NCCCCC1CCCC1)NCCNS(=O)(=O)c1cccnc1.I. The molecule has 1 saturated carbocycles. The van der Waals surface area contributed by atoms with Gasteiger partial charge >= 0.3 is 0 Å². The van der Waals surface area contributed by atoms with Gasteiger partial charge < -0.3 is 10.6 Å². The van der Waals surface area contributed by atoms with Gasteiger partial charge in [-0.1, -0.05) is 38.5 Å². The number of pyridine rings is 1. The first kappa shape index (κ1) is 24.1. The third kappa shape index (κ3) is 9.20. The van der Waals surface area contributed by atoms with E-state index in [0.717, 1.165) is 18.9 Å². The van der Waals surface area contributed by atoms with Gasteiger partial charge in [0.2, 0.25) is 10.0 Å². The van der Waals surface area contributed by atoms with Gasteiger partial charge in [-0.05, 0) is 24.5 Å². The third-order valence-corrected chi connectivity index (χ3v) is 6.13. The van der Waals surface area contributed by atoms with E-state index in [9.17, 15) is 8.42 Å². The Morgan fingerprint density at radius 3 is 2.59 bits per heavy atom. The van der Waals surface area contributed by atoms with Crippen molar-refractivity contribution in [3.8, 4) is 0 Å². The van der Waals surface area contributed by atoms with Gasteiger partial charge in [0.15, 0.2) is 5.96 Å². The molecule has 0 atom stereocenters. The maximum atomic E-state index is 12.1. The minimum Gasteiger partial charge on any atom is -0.356 e. The molecular weight excluding hydrogens is 477 g/mol. The van der Waals surface area contributed by atoms with Crippen LogP contribution in [0.1, 0.15) is 44.9 Å². The molecule has 1 aromatic rings. The molecule has 2 rings (SSSR count). The Balaban J connectivity index is 0.00000364. The van der Waals surface area contributed by atoms with Gasteiger partial charge in [0, 0.05) is 39.1 Å². The van der Waals surface area contributed by atoms with Crippen molar-refractivity contribution in [2.75, 3.05) is 26.7 Å². The van der Waals surface area contributed by atoms with Gasteiger partial charge in [-0.2, -0.15) is 0 Å². The second-order valence-electron chi connectivity index (χ2n) is 6.66. The maximum Gasteiger partial charge on any atom is 0.242 e. The predicted molar refractivity (Wildman–Crippen MR) is 120 cm³/mol. The number of rotatable bonds is 10. The number of guanidine groups is 1. The molecule has 0 bridgehead atoms. The zero-order valence-corrected chi connectivity index (χ0v) is 19.1. The molecule has 1 aromatic heterocycles. The summed E-state index contributed by atoms with van der Waals surface area (Å²) in [5.74, 6) is 1.65. The van der Waals surface area contributed by atoms with Crippen LogP contribution in [0.25, 0.3) is 0 Å². The van der Waals surface area contributed by atoms with Crippen LogP contribution >= 0.6 is 24.0 Å². The Morgan fingerprint density at radius 1 is 1.19 bits per heavy atom. The predicted octanol–water partition coefficient (Wildman–Crippen LogP) is 2.50. The van der Waals surface area contributed by atoms with Gasteiger partial charge in [-0.3, -0.25) is 9.98 Å². The second kappa shape index (κ2) is 13.3. The zero-order chi connectivity index (χ0) is 18.7. The largest absolute Gasteiger partial charge is 0.356 e. The summed E-state index contributed by atoms with van der Waals surface area (Å²) in [7, 11) is -1.79. The summed E-state index contributed by atoms with van der Waals surface area (Å²) >= 11 is 0. The number of halogens is 1. The van der Waals surface area contributed by atoms with E-state index < -0.39 is 10.0 Å². The van der Waals surface area contributed by atoms with Crippen molar-refractivity contribution in [2.45, 2.75) is 49.8 Å². The van der Waals surface area contributed by atoms with Crippen molar-refractivity contribution in [1.29, 1.82) is 0 Å². The lowest BCUT2D eigenvalue weighted by Crippen LogP contribution is -2.41. The Bertz CT molecular complexity index is 649. The number of aromatic nitrogens is 1. The smallest absolute Gasteiger partial charge is 0.242 e. The van der Waals surface area contributed by atoms with Gasteiger partial charge in [0.1, 0.15) is 4.90 Å². The quantitative estimate of drug-likeness (QED) is 0.195. The van der Waals surface area contributed by atoms with E-state index in [2.05, 4.69) is 25.3 Å². The molecule has 1 heterocycles. The number of unbranched alkanes of at least 4 members (excludes halogenated alkanes) is 1. The topological polar surface area (TPSA) is 95.5 Å². The average molecular weight is 509 g/mol. The molecule has 1 fully saturated rings. The minimum atomic E-state index is -3.51. The molecule has 0 aliphatic heterocycles. The van der Waals surface area contributed by atoms with Gasteiger partial charge in [-0.15, -0.1) is 24.0 Å². The zero-order valence-electron chi connectivity index (χ0n) is 16.0. The monoisotopic (exact) mass is 509 g/mol. The Kier molecular flexibility index (Phi) is 11.8. The van der Waals surface area contributed by atoms with Crippen molar-refractivity contribution < 1.29 is 8.42 Å². The van der Waals surface area contributed by atoms with E-state index in [0.29, 0.717) is 12.5 Å². The normalized spacial score (nSPS) is 15.4. The van der Waals surface area contributed by atoms with Crippen LogP contribution in [0.15, 0.2) is 34.4 Å². The highest BCUT2D eigenvalue weighted by Gasteiger charge is 2.14. The third-order valence-electron chi connectivity index (χ3n) is 4.68. The lowest BCUT2D eigenvalue weighted by atomic mass is 10.0. The molecule has 0 saturated heterocycles. The molecule has 1 aliphatic carbocycles. The van der Waals surface area contributed by atoms with Crippen LogP contribution in [0.5, 0.6) is 0 Å². The number of aliphatic imine (C=N–C) groups is 1. The van der Waals surface area contributed by atoms with E-state index in [4.69, 9.17) is 0 Å². The van der Waals surface area contributed by atoms with Gasteiger partial charge in [0.25, 0.3) is 0 Å². The second-order valence-corrected chi connectivity index (χ2v) is 8.43. The van der Waals surface area contributed by atoms with Crippen molar-refractivity contribution in [2.24, 2.45) is 10.9 Å². The fourth-order valence-corrected chi connectivity index (χ4v) is 4.23. The Labute approximate surface area is 180 Å². The fraction of sp³-hybridized carbons (Fsp3) is 0.667. The highest BCUT2D eigenvalue weighted by molar-refractivity contribution is 14.0. The van der Waals surface area contributed by atoms with Crippen LogP contribution in [0, 0.1) is 5.92 Å². The Hall–Kier alpha value is -0.940. The molecule has 0 unspecified atom stereocenters. The van der Waals surface area contributed by atoms with Crippen LogP contribution < -0.4 is 15.4 Å². The van der Waals surface area contributed by atoms with Crippen molar-refractivity contribution in [3.63, 3.8) is 0 Å². The molecule has 9 heteroatoms. The van der Waals surface area contributed by atoms with Crippen molar-refractivity contribution in [1.82, 2.24) is 20.3 Å². The van der Waals surface area contributed by atoms with Crippen molar-refractivity contribution >= 4 is 40.0 Å². The standard InChI is InChI=1S/C18H31N5O2S.HI/c1-19-18(21-12-5-4-9-16-7-2-3-8-16)22-13-14-23-26(24,25)17-10-6-11-20-15-17;/h6,10-11,15-16,23H,2-5,7-9,12-14H2,1H3,(H2,19,21,22);1H. The summed E-state index contributed by atoms with van der Waals surface area (Å²) in [6.07, 6.45) is 12.2. The Morgan fingerprint density at radius 2 is 1.93 bits per heavy atom. The van der Waals surface area contributed by atoms with E-state index in [1.165, 1.54) is 50.8 Å². The highest BCUT2D eigenvalue weighted by Crippen LogP contribution is 2.28. The summed E-state index contributed by atoms with van der Waals surface area (Å²) in [5, 5.41) is 6.40. The number of hydrogen-bond donors (Lipinski definition) is 3. The average Bonchev–Trinajstić information content (AvgIpc) is 3.17. The molecule has 0 amide bonds.